The molecule has 0 aromatic heterocycles. The lowest BCUT2D eigenvalue weighted by molar-refractivity contribution is -0.137. The van der Waals surface area contributed by atoms with Crippen molar-refractivity contribution >= 4 is 21.6 Å². The van der Waals surface area contributed by atoms with Crippen molar-refractivity contribution in [3.63, 3.8) is 0 Å². The van der Waals surface area contributed by atoms with Gasteiger partial charge in [-0.15, -0.1) is 0 Å². The number of benzene rings is 3. The summed E-state index contributed by atoms with van der Waals surface area (Å²) in [4.78, 5) is 2.30. The summed E-state index contributed by atoms with van der Waals surface area (Å²) >= 11 is 6.12. The molecule has 0 saturated carbocycles. The highest BCUT2D eigenvalue weighted by Crippen LogP contribution is 2.33. The number of sulfonamides is 1. The van der Waals surface area contributed by atoms with E-state index in [2.05, 4.69) is 4.90 Å². The molecule has 0 amide bonds. The SMILES string of the molecule is Cc1c(Cl)cccc1S(=O)(=O)N1CCN(CCOC(c2ccccc2)c2cccc(C(F)(F)F)c2)CC1. The molecule has 1 unspecified atom stereocenters. The Hall–Kier alpha value is -2.43. The average Bonchev–Trinajstić information content (AvgIpc) is 2.88. The number of alkyl halides is 3. The number of piperazine rings is 1. The smallest absolute Gasteiger partial charge is 0.367 e. The first-order valence-corrected chi connectivity index (χ1v) is 13.7. The van der Waals surface area contributed by atoms with E-state index in [1.807, 2.05) is 30.3 Å². The molecule has 1 aliphatic heterocycles. The van der Waals surface area contributed by atoms with E-state index in [0.717, 1.165) is 17.7 Å². The number of ether oxygens (including phenoxy) is 1. The fourth-order valence-electron chi connectivity index (χ4n) is 4.39. The lowest BCUT2D eigenvalue weighted by Gasteiger charge is -2.34. The molecule has 1 heterocycles. The third-order valence-electron chi connectivity index (χ3n) is 6.48. The minimum absolute atomic E-state index is 0.212. The second-order valence-corrected chi connectivity index (χ2v) is 11.2. The predicted octanol–water partition coefficient (Wildman–Crippen LogP) is 5.78. The maximum absolute atomic E-state index is 13.3. The third-order valence-corrected chi connectivity index (χ3v) is 8.93. The highest BCUT2D eigenvalue weighted by molar-refractivity contribution is 7.89. The van der Waals surface area contributed by atoms with Gasteiger partial charge in [-0.2, -0.15) is 17.5 Å². The van der Waals surface area contributed by atoms with Crippen molar-refractivity contribution in [1.29, 1.82) is 0 Å². The van der Waals surface area contributed by atoms with Crippen molar-refractivity contribution in [2.24, 2.45) is 0 Å². The second-order valence-electron chi connectivity index (χ2n) is 8.89. The molecule has 5 nitrogen and oxygen atoms in total. The summed E-state index contributed by atoms with van der Waals surface area (Å²) in [6.45, 7) is 4.16. The van der Waals surface area contributed by atoms with E-state index in [1.165, 1.54) is 10.4 Å². The molecule has 0 spiro atoms. The molecule has 0 aliphatic carbocycles. The summed E-state index contributed by atoms with van der Waals surface area (Å²) in [5.41, 5.74) is 0.992. The Kier molecular flexibility index (Phi) is 8.60. The first-order valence-electron chi connectivity index (χ1n) is 11.9. The van der Waals surface area contributed by atoms with Gasteiger partial charge < -0.3 is 4.74 Å². The van der Waals surface area contributed by atoms with Crippen LogP contribution in [0.25, 0.3) is 0 Å². The van der Waals surface area contributed by atoms with Gasteiger partial charge in [0.25, 0.3) is 0 Å². The van der Waals surface area contributed by atoms with Crippen LogP contribution >= 0.6 is 11.6 Å². The van der Waals surface area contributed by atoms with Crippen molar-refractivity contribution in [3.05, 3.63) is 100 Å². The predicted molar refractivity (Wildman–Crippen MR) is 137 cm³/mol. The van der Waals surface area contributed by atoms with Crippen LogP contribution in [0.15, 0.2) is 77.7 Å². The van der Waals surface area contributed by atoms with Crippen LogP contribution in [0.1, 0.15) is 28.4 Å². The topological polar surface area (TPSA) is 49.9 Å². The van der Waals surface area contributed by atoms with Crippen LogP contribution in [0.2, 0.25) is 5.02 Å². The third kappa shape index (κ3) is 6.53. The molecule has 0 bridgehead atoms. The average molecular weight is 553 g/mol. The van der Waals surface area contributed by atoms with Crippen molar-refractivity contribution in [2.75, 3.05) is 39.3 Å². The van der Waals surface area contributed by atoms with Gasteiger partial charge in [-0.1, -0.05) is 60.1 Å². The molecular formula is C27H28ClF3N2O3S. The highest BCUT2D eigenvalue weighted by atomic mass is 35.5. The van der Waals surface area contributed by atoms with Gasteiger partial charge in [0.1, 0.15) is 6.10 Å². The van der Waals surface area contributed by atoms with Crippen LogP contribution < -0.4 is 0 Å². The van der Waals surface area contributed by atoms with Crippen LogP contribution in [0.3, 0.4) is 0 Å². The van der Waals surface area contributed by atoms with Gasteiger partial charge >= 0.3 is 6.18 Å². The first-order chi connectivity index (χ1) is 17.6. The van der Waals surface area contributed by atoms with Gasteiger partial charge in [0.15, 0.2) is 0 Å². The fourth-order valence-corrected chi connectivity index (χ4v) is 6.29. The van der Waals surface area contributed by atoms with Crippen LogP contribution in [-0.4, -0.2) is 57.0 Å². The van der Waals surface area contributed by atoms with E-state index in [-0.39, 0.29) is 11.5 Å². The summed E-state index contributed by atoms with van der Waals surface area (Å²) in [7, 11) is -3.66. The van der Waals surface area contributed by atoms with Gasteiger partial charge in [-0.3, -0.25) is 4.90 Å². The maximum atomic E-state index is 13.3. The molecule has 3 aromatic carbocycles. The highest BCUT2D eigenvalue weighted by Gasteiger charge is 2.32. The summed E-state index contributed by atoms with van der Waals surface area (Å²) < 4.78 is 73.7. The van der Waals surface area contributed by atoms with Crippen molar-refractivity contribution < 1.29 is 26.3 Å². The standard InChI is InChI=1S/C27H28ClF3N2O3S/c1-20-24(28)11-6-12-25(20)37(34,35)33-15-13-32(14-16-33)17-18-36-26(21-7-3-2-4-8-21)22-9-5-10-23(19-22)27(29,30)31/h2-12,19,26H,13-18H2,1H3. The Labute approximate surface area is 220 Å². The number of rotatable bonds is 8. The number of hydrogen-bond acceptors (Lipinski definition) is 4. The molecule has 37 heavy (non-hydrogen) atoms. The van der Waals surface area contributed by atoms with Gasteiger partial charge in [0.05, 0.1) is 17.1 Å². The van der Waals surface area contributed by atoms with E-state index >= 15 is 0 Å². The summed E-state index contributed by atoms with van der Waals surface area (Å²) in [5, 5.41) is 0.408. The Morgan fingerprint density at radius 2 is 1.57 bits per heavy atom. The molecular weight excluding hydrogens is 525 g/mol. The Morgan fingerprint density at radius 3 is 2.24 bits per heavy atom. The van der Waals surface area contributed by atoms with Crippen LogP contribution in [-0.2, 0) is 20.9 Å². The largest absolute Gasteiger partial charge is 0.416 e. The zero-order valence-electron chi connectivity index (χ0n) is 20.3. The molecule has 198 valence electrons. The van der Waals surface area contributed by atoms with Crippen molar-refractivity contribution in [2.45, 2.75) is 24.1 Å². The Bertz CT molecular complexity index is 1310. The molecule has 1 atom stereocenters. The minimum atomic E-state index is -4.44. The Morgan fingerprint density at radius 1 is 0.919 bits per heavy atom. The summed E-state index contributed by atoms with van der Waals surface area (Å²) in [5.74, 6) is 0. The zero-order chi connectivity index (χ0) is 26.6. The van der Waals surface area contributed by atoms with Gasteiger partial charge in [-0.25, -0.2) is 8.42 Å². The zero-order valence-corrected chi connectivity index (χ0v) is 21.9. The quantitative estimate of drug-likeness (QED) is 0.355. The van der Waals surface area contributed by atoms with Gasteiger partial charge in [-0.05, 0) is 47.9 Å². The molecule has 1 fully saturated rings. The van der Waals surface area contributed by atoms with Gasteiger partial charge in [0, 0.05) is 37.7 Å². The van der Waals surface area contributed by atoms with Crippen LogP contribution in [0.5, 0.6) is 0 Å². The van der Waals surface area contributed by atoms with Crippen molar-refractivity contribution in [3.8, 4) is 0 Å². The van der Waals surface area contributed by atoms with E-state index in [4.69, 9.17) is 16.3 Å². The minimum Gasteiger partial charge on any atom is -0.367 e. The second kappa shape index (κ2) is 11.5. The molecule has 3 aromatic rings. The maximum Gasteiger partial charge on any atom is 0.416 e. The normalized spacial score (nSPS) is 16.6. The van der Waals surface area contributed by atoms with E-state index < -0.39 is 27.9 Å². The van der Waals surface area contributed by atoms with E-state index in [0.29, 0.717) is 48.9 Å². The molecule has 1 saturated heterocycles. The van der Waals surface area contributed by atoms with E-state index in [9.17, 15) is 21.6 Å². The first kappa shape index (κ1) is 27.6. The summed E-state index contributed by atoms with van der Waals surface area (Å²) in [6.07, 6.45) is -5.10. The fraction of sp³-hybridized carbons (Fsp3) is 0.333. The Balaban J connectivity index is 1.39. The van der Waals surface area contributed by atoms with E-state index in [1.54, 1.807) is 31.2 Å². The van der Waals surface area contributed by atoms with Crippen molar-refractivity contribution in [1.82, 2.24) is 9.21 Å². The summed E-state index contributed by atoms with van der Waals surface area (Å²) in [6, 6.07) is 19.2. The lowest BCUT2D eigenvalue weighted by Crippen LogP contribution is -2.49. The monoisotopic (exact) mass is 552 g/mol. The molecule has 4 rings (SSSR count). The van der Waals surface area contributed by atoms with Crippen LogP contribution in [0.4, 0.5) is 13.2 Å². The molecule has 0 radical (unpaired) electrons. The van der Waals surface area contributed by atoms with Crippen LogP contribution in [0, 0.1) is 6.92 Å². The van der Waals surface area contributed by atoms with Gasteiger partial charge in [0.2, 0.25) is 10.0 Å². The molecule has 0 N–H and O–H groups in total. The number of hydrogen-bond donors (Lipinski definition) is 0. The number of nitrogens with zero attached hydrogens (tertiary/aromatic N) is 2. The number of halogens is 4. The molecule has 1 aliphatic rings. The molecule has 10 heteroatoms. The lowest BCUT2D eigenvalue weighted by atomic mass is 9.99.